The van der Waals surface area contributed by atoms with Crippen molar-refractivity contribution in [3.63, 3.8) is 0 Å². The molecular formula is C17H34N2O5. The van der Waals surface area contributed by atoms with E-state index in [4.69, 9.17) is 18.9 Å². The van der Waals surface area contributed by atoms with Crippen molar-refractivity contribution in [1.82, 2.24) is 9.80 Å². The minimum atomic E-state index is -0.477. The number of nitrogens with zero attached hydrogens (tertiary/aromatic N) is 2. The largest absolute Gasteiger partial charge is 0.382 e. The molecule has 24 heavy (non-hydrogen) atoms. The number of amides is 1. The van der Waals surface area contributed by atoms with Gasteiger partial charge in [0.05, 0.1) is 57.4 Å². The Kier molecular flexibility index (Phi) is 8.59. The number of methoxy groups -OCH3 is 1. The zero-order valence-electron chi connectivity index (χ0n) is 16.1. The monoisotopic (exact) mass is 346 g/mol. The summed E-state index contributed by atoms with van der Waals surface area (Å²) in [5.74, 6) is 0.142. The molecule has 0 radical (unpaired) electrons. The van der Waals surface area contributed by atoms with E-state index >= 15 is 0 Å². The SMILES string of the molecule is COCCOCCOCCOCCN1C(=O)C(C)(C)N(C)C1(C)C. The van der Waals surface area contributed by atoms with Crippen LogP contribution in [0.3, 0.4) is 0 Å². The van der Waals surface area contributed by atoms with Crippen molar-refractivity contribution in [3.8, 4) is 0 Å². The minimum absolute atomic E-state index is 0.142. The molecule has 0 bridgehead atoms. The molecule has 7 heteroatoms. The molecule has 1 heterocycles. The Balaban J connectivity index is 2.12. The van der Waals surface area contributed by atoms with E-state index in [0.29, 0.717) is 52.8 Å². The molecule has 0 spiro atoms. The van der Waals surface area contributed by atoms with Gasteiger partial charge in [-0.2, -0.15) is 0 Å². The molecule has 0 N–H and O–H groups in total. The second-order valence-corrected chi connectivity index (χ2v) is 6.90. The molecule has 1 amide bonds. The highest BCUT2D eigenvalue weighted by atomic mass is 16.6. The lowest BCUT2D eigenvalue weighted by Gasteiger charge is -2.37. The maximum absolute atomic E-state index is 12.5. The number of hydrogen-bond acceptors (Lipinski definition) is 6. The topological polar surface area (TPSA) is 60.5 Å². The first-order valence-electron chi connectivity index (χ1n) is 8.54. The lowest BCUT2D eigenvalue weighted by atomic mass is 10.0. The first kappa shape index (κ1) is 21.3. The quantitative estimate of drug-likeness (QED) is 0.491. The lowest BCUT2D eigenvalue weighted by Crippen LogP contribution is -2.50. The molecule has 0 unspecified atom stereocenters. The number of likely N-dealkylation sites (N-methyl/N-ethyl adjacent to an activating group) is 1. The summed E-state index contributed by atoms with van der Waals surface area (Å²) in [6.45, 7) is 12.5. The van der Waals surface area contributed by atoms with Gasteiger partial charge in [-0.15, -0.1) is 0 Å². The van der Waals surface area contributed by atoms with Crippen LogP contribution in [0.5, 0.6) is 0 Å². The molecule has 1 rings (SSSR count). The third kappa shape index (κ3) is 5.39. The van der Waals surface area contributed by atoms with Crippen LogP contribution in [0.15, 0.2) is 0 Å². The van der Waals surface area contributed by atoms with E-state index in [2.05, 4.69) is 18.7 Å². The van der Waals surface area contributed by atoms with E-state index in [9.17, 15) is 4.79 Å². The maximum Gasteiger partial charge on any atom is 0.244 e. The Bertz CT molecular complexity index is 387. The van der Waals surface area contributed by atoms with Crippen LogP contribution < -0.4 is 0 Å². The summed E-state index contributed by atoms with van der Waals surface area (Å²) >= 11 is 0. The van der Waals surface area contributed by atoms with Gasteiger partial charge >= 0.3 is 0 Å². The molecule has 0 saturated carbocycles. The second kappa shape index (κ2) is 9.68. The summed E-state index contributed by atoms with van der Waals surface area (Å²) in [7, 11) is 3.63. The molecular weight excluding hydrogens is 312 g/mol. The van der Waals surface area contributed by atoms with Crippen molar-refractivity contribution in [2.24, 2.45) is 0 Å². The van der Waals surface area contributed by atoms with Gasteiger partial charge in [0, 0.05) is 13.7 Å². The summed E-state index contributed by atoms with van der Waals surface area (Å²) in [5, 5.41) is 0. The Morgan fingerprint density at radius 3 is 1.71 bits per heavy atom. The van der Waals surface area contributed by atoms with Crippen LogP contribution in [-0.2, 0) is 23.7 Å². The van der Waals surface area contributed by atoms with E-state index in [-0.39, 0.29) is 11.6 Å². The highest BCUT2D eigenvalue weighted by Gasteiger charge is 2.53. The zero-order chi connectivity index (χ0) is 18.2. The van der Waals surface area contributed by atoms with E-state index in [0.717, 1.165) is 0 Å². The minimum Gasteiger partial charge on any atom is -0.382 e. The Morgan fingerprint density at radius 1 is 0.833 bits per heavy atom. The molecule has 1 aliphatic rings. The molecule has 142 valence electrons. The molecule has 0 aromatic carbocycles. The van der Waals surface area contributed by atoms with Gasteiger partial charge in [0.2, 0.25) is 5.91 Å². The number of hydrogen-bond donors (Lipinski definition) is 0. The fourth-order valence-electron chi connectivity index (χ4n) is 2.80. The summed E-state index contributed by atoms with van der Waals surface area (Å²) in [6, 6.07) is 0. The highest BCUT2D eigenvalue weighted by Crippen LogP contribution is 2.36. The molecule has 1 aliphatic heterocycles. The third-order valence-electron chi connectivity index (χ3n) is 4.72. The molecule has 0 aliphatic carbocycles. The lowest BCUT2D eigenvalue weighted by molar-refractivity contribution is -0.134. The van der Waals surface area contributed by atoms with Crippen LogP contribution in [0.4, 0.5) is 0 Å². The smallest absolute Gasteiger partial charge is 0.244 e. The van der Waals surface area contributed by atoms with Gasteiger partial charge in [-0.3, -0.25) is 9.69 Å². The van der Waals surface area contributed by atoms with E-state index in [1.54, 1.807) is 7.11 Å². The van der Waals surface area contributed by atoms with Gasteiger partial charge in [-0.05, 0) is 34.7 Å². The van der Waals surface area contributed by atoms with E-state index in [1.165, 1.54) is 0 Å². The van der Waals surface area contributed by atoms with Crippen LogP contribution in [-0.4, -0.2) is 93.9 Å². The van der Waals surface area contributed by atoms with E-state index < -0.39 is 5.54 Å². The standard InChI is InChI=1S/C17H34N2O5/c1-16(2)15(20)19(17(3,4)18(16)5)7-8-22-11-12-24-14-13-23-10-9-21-6/h7-14H2,1-6H3. The number of ether oxygens (including phenoxy) is 4. The number of carbonyl (C=O) groups is 1. The highest BCUT2D eigenvalue weighted by molar-refractivity contribution is 5.88. The number of carbonyl (C=O) groups excluding carboxylic acids is 1. The predicted molar refractivity (Wildman–Crippen MR) is 92.0 cm³/mol. The average molecular weight is 346 g/mol. The van der Waals surface area contributed by atoms with Crippen molar-refractivity contribution in [1.29, 1.82) is 0 Å². The summed E-state index contributed by atoms with van der Waals surface area (Å²) < 4.78 is 21.2. The van der Waals surface area contributed by atoms with Gasteiger partial charge in [-0.1, -0.05) is 0 Å². The fraction of sp³-hybridized carbons (Fsp3) is 0.941. The Morgan fingerprint density at radius 2 is 1.29 bits per heavy atom. The first-order chi connectivity index (χ1) is 11.3. The zero-order valence-corrected chi connectivity index (χ0v) is 16.1. The second-order valence-electron chi connectivity index (χ2n) is 6.90. The Labute approximate surface area is 146 Å². The van der Waals surface area contributed by atoms with Crippen molar-refractivity contribution < 1.29 is 23.7 Å². The van der Waals surface area contributed by atoms with Gasteiger partial charge in [-0.25, -0.2) is 0 Å². The number of rotatable bonds is 12. The summed E-state index contributed by atoms with van der Waals surface area (Å²) in [4.78, 5) is 16.5. The van der Waals surface area contributed by atoms with Crippen LogP contribution in [0.2, 0.25) is 0 Å². The molecule has 0 aromatic rings. The molecule has 0 atom stereocenters. The molecule has 7 nitrogen and oxygen atoms in total. The van der Waals surface area contributed by atoms with Gasteiger partial charge < -0.3 is 23.8 Å². The molecule has 0 aromatic heterocycles. The Hall–Kier alpha value is -0.730. The molecule has 1 saturated heterocycles. The maximum atomic E-state index is 12.5. The van der Waals surface area contributed by atoms with E-state index in [1.807, 2.05) is 25.8 Å². The van der Waals surface area contributed by atoms with Crippen molar-refractivity contribution in [2.75, 3.05) is 67.0 Å². The fourth-order valence-corrected chi connectivity index (χ4v) is 2.80. The van der Waals surface area contributed by atoms with Gasteiger partial charge in [0.1, 0.15) is 0 Å². The summed E-state index contributed by atoms with van der Waals surface area (Å²) in [6.07, 6.45) is 0. The van der Waals surface area contributed by atoms with Crippen LogP contribution in [0.1, 0.15) is 27.7 Å². The average Bonchev–Trinajstić information content (AvgIpc) is 2.64. The van der Waals surface area contributed by atoms with Gasteiger partial charge in [0.15, 0.2) is 0 Å². The van der Waals surface area contributed by atoms with Crippen molar-refractivity contribution in [2.45, 2.75) is 38.9 Å². The van der Waals surface area contributed by atoms with Crippen LogP contribution in [0, 0.1) is 0 Å². The van der Waals surface area contributed by atoms with Gasteiger partial charge in [0.25, 0.3) is 0 Å². The first-order valence-corrected chi connectivity index (χ1v) is 8.54. The van der Waals surface area contributed by atoms with Crippen LogP contribution in [0.25, 0.3) is 0 Å². The predicted octanol–water partition coefficient (Wildman–Crippen LogP) is 0.971. The van der Waals surface area contributed by atoms with Crippen molar-refractivity contribution in [3.05, 3.63) is 0 Å². The normalized spacial score (nSPS) is 20.1. The summed E-state index contributed by atoms with van der Waals surface area (Å²) in [5.41, 5.74) is -0.782. The van der Waals surface area contributed by atoms with Crippen LogP contribution >= 0.6 is 0 Å². The van der Waals surface area contributed by atoms with Crippen molar-refractivity contribution >= 4 is 5.91 Å². The molecule has 1 fully saturated rings. The third-order valence-corrected chi connectivity index (χ3v) is 4.72.